The summed E-state index contributed by atoms with van der Waals surface area (Å²) < 4.78 is 15.7. The molecular weight excluding hydrogens is 253 g/mol. The van der Waals surface area contributed by atoms with E-state index in [0.717, 1.165) is 17.2 Å². The maximum atomic E-state index is 13.6. The largest absolute Gasteiger partial charge is 0.349 e. The first-order valence-electron chi connectivity index (χ1n) is 6.96. The minimum absolute atomic E-state index is 0.00407. The van der Waals surface area contributed by atoms with Crippen LogP contribution in [0.15, 0.2) is 24.4 Å². The minimum Gasteiger partial charge on any atom is -0.349 e. The van der Waals surface area contributed by atoms with Crippen LogP contribution in [0.4, 0.5) is 10.3 Å². The molecule has 0 aliphatic rings. The molecule has 4 heteroatoms. The van der Waals surface area contributed by atoms with Gasteiger partial charge in [-0.1, -0.05) is 12.1 Å². The fraction of sp³-hybridized carbons (Fsp3) is 0.438. The van der Waals surface area contributed by atoms with Crippen LogP contribution < -0.4 is 5.32 Å². The van der Waals surface area contributed by atoms with E-state index < -0.39 is 0 Å². The molecule has 1 heterocycles. The van der Waals surface area contributed by atoms with Gasteiger partial charge in [0.2, 0.25) is 5.95 Å². The van der Waals surface area contributed by atoms with Gasteiger partial charge in [0, 0.05) is 12.2 Å². The summed E-state index contributed by atoms with van der Waals surface area (Å²) in [7, 11) is 0. The summed E-state index contributed by atoms with van der Waals surface area (Å²) >= 11 is 0. The number of nitrogens with zero attached hydrogens (tertiary/aromatic N) is 2. The quantitative estimate of drug-likeness (QED) is 0.896. The highest BCUT2D eigenvalue weighted by Gasteiger charge is 2.13. The third kappa shape index (κ3) is 3.00. The molecule has 0 aliphatic carbocycles. The summed E-state index contributed by atoms with van der Waals surface area (Å²) in [5.74, 6) is 0.658. The van der Waals surface area contributed by atoms with E-state index in [1.54, 1.807) is 13.0 Å². The van der Waals surface area contributed by atoms with Crippen molar-refractivity contribution in [2.45, 2.75) is 46.7 Å². The van der Waals surface area contributed by atoms with Crippen molar-refractivity contribution in [3.8, 4) is 0 Å². The lowest BCUT2D eigenvalue weighted by atomic mass is 10.1. The van der Waals surface area contributed by atoms with Crippen molar-refractivity contribution in [3.63, 3.8) is 0 Å². The van der Waals surface area contributed by atoms with Crippen LogP contribution in [0.25, 0.3) is 0 Å². The van der Waals surface area contributed by atoms with Crippen LogP contribution in [-0.4, -0.2) is 9.55 Å². The molecule has 1 N–H and O–H groups in total. The average Bonchev–Trinajstić information content (AvgIpc) is 2.73. The van der Waals surface area contributed by atoms with Gasteiger partial charge in [-0.15, -0.1) is 0 Å². The summed E-state index contributed by atoms with van der Waals surface area (Å²) in [5.41, 5.74) is 2.56. The first-order chi connectivity index (χ1) is 9.38. The molecule has 2 aromatic rings. The first-order valence-corrected chi connectivity index (χ1v) is 6.96. The molecule has 1 aromatic heterocycles. The van der Waals surface area contributed by atoms with Gasteiger partial charge in [-0.25, -0.2) is 9.37 Å². The topological polar surface area (TPSA) is 29.9 Å². The Kier molecular flexibility index (Phi) is 4.12. The summed E-state index contributed by atoms with van der Waals surface area (Å²) in [4.78, 5) is 4.50. The van der Waals surface area contributed by atoms with Crippen LogP contribution >= 0.6 is 0 Å². The standard InChI is InChI=1S/C16H22FN3/c1-10(2)20-9-12(4)18-16(20)19-13(5)14-7-6-11(3)15(17)8-14/h6-10,13H,1-5H3,(H,18,19). The Balaban J connectivity index is 2.23. The zero-order valence-electron chi connectivity index (χ0n) is 12.7. The maximum Gasteiger partial charge on any atom is 0.203 e. The molecule has 2 rings (SSSR count). The lowest BCUT2D eigenvalue weighted by Crippen LogP contribution is -2.13. The van der Waals surface area contributed by atoms with E-state index in [9.17, 15) is 4.39 Å². The molecule has 0 saturated heterocycles. The van der Waals surface area contributed by atoms with E-state index in [1.165, 1.54) is 0 Å². The van der Waals surface area contributed by atoms with Crippen molar-refractivity contribution in [1.29, 1.82) is 0 Å². The van der Waals surface area contributed by atoms with Gasteiger partial charge in [-0.05, 0) is 51.8 Å². The molecule has 0 fully saturated rings. The molecule has 0 radical (unpaired) electrons. The molecule has 1 unspecified atom stereocenters. The van der Waals surface area contributed by atoms with Crippen LogP contribution in [0.2, 0.25) is 0 Å². The average molecular weight is 275 g/mol. The van der Waals surface area contributed by atoms with Gasteiger partial charge in [-0.2, -0.15) is 0 Å². The molecule has 0 spiro atoms. The van der Waals surface area contributed by atoms with E-state index in [4.69, 9.17) is 0 Å². The number of hydrogen-bond donors (Lipinski definition) is 1. The monoisotopic (exact) mass is 275 g/mol. The Morgan fingerprint density at radius 3 is 2.50 bits per heavy atom. The summed E-state index contributed by atoms with van der Waals surface area (Å²) in [5, 5.41) is 3.36. The first kappa shape index (κ1) is 14.6. The van der Waals surface area contributed by atoms with E-state index in [2.05, 4.69) is 28.7 Å². The number of aromatic nitrogens is 2. The predicted octanol–water partition coefficient (Wildman–Crippen LogP) is 4.39. The Hall–Kier alpha value is -1.84. The molecular formula is C16H22FN3. The van der Waals surface area contributed by atoms with Gasteiger partial charge in [0.15, 0.2) is 0 Å². The molecule has 1 aromatic carbocycles. The highest BCUT2D eigenvalue weighted by molar-refractivity contribution is 5.35. The van der Waals surface area contributed by atoms with Gasteiger partial charge in [-0.3, -0.25) is 0 Å². The second kappa shape index (κ2) is 5.65. The van der Waals surface area contributed by atoms with Crippen LogP contribution in [0.3, 0.4) is 0 Å². The fourth-order valence-corrected chi connectivity index (χ4v) is 2.17. The van der Waals surface area contributed by atoms with Crippen molar-refractivity contribution < 1.29 is 4.39 Å². The summed E-state index contributed by atoms with van der Waals surface area (Å²) in [6.07, 6.45) is 2.02. The van der Waals surface area contributed by atoms with Crippen molar-refractivity contribution in [3.05, 3.63) is 47.0 Å². The van der Waals surface area contributed by atoms with Gasteiger partial charge >= 0.3 is 0 Å². The van der Waals surface area contributed by atoms with Crippen LogP contribution in [0.1, 0.15) is 49.7 Å². The van der Waals surface area contributed by atoms with Gasteiger partial charge < -0.3 is 9.88 Å². The lowest BCUT2D eigenvalue weighted by Gasteiger charge is -2.18. The number of hydrogen-bond acceptors (Lipinski definition) is 2. The van der Waals surface area contributed by atoms with Crippen molar-refractivity contribution >= 4 is 5.95 Å². The Labute approximate surface area is 119 Å². The number of anilines is 1. The third-order valence-electron chi connectivity index (χ3n) is 3.45. The van der Waals surface area contributed by atoms with Crippen molar-refractivity contribution in [2.24, 2.45) is 0 Å². The molecule has 3 nitrogen and oxygen atoms in total. The number of aryl methyl sites for hydroxylation is 2. The molecule has 0 amide bonds. The Morgan fingerprint density at radius 2 is 1.90 bits per heavy atom. The normalized spacial score (nSPS) is 12.8. The molecule has 0 bridgehead atoms. The SMILES string of the molecule is Cc1cn(C(C)C)c(NC(C)c2ccc(C)c(F)c2)n1. The minimum atomic E-state index is -0.167. The number of nitrogens with one attached hydrogen (secondary N) is 1. The third-order valence-corrected chi connectivity index (χ3v) is 3.45. The van der Waals surface area contributed by atoms with Crippen LogP contribution in [0.5, 0.6) is 0 Å². The molecule has 108 valence electrons. The molecule has 0 saturated carbocycles. The fourth-order valence-electron chi connectivity index (χ4n) is 2.17. The number of benzene rings is 1. The Morgan fingerprint density at radius 1 is 1.20 bits per heavy atom. The van der Waals surface area contributed by atoms with E-state index in [1.807, 2.05) is 32.2 Å². The number of rotatable bonds is 4. The predicted molar refractivity (Wildman–Crippen MR) is 80.5 cm³/mol. The maximum absolute atomic E-state index is 13.6. The second-order valence-corrected chi connectivity index (χ2v) is 5.58. The summed E-state index contributed by atoms with van der Waals surface area (Å²) in [6.45, 7) is 9.98. The van der Waals surface area contributed by atoms with Gasteiger partial charge in [0.1, 0.15) is 5.82 Å². The van der Waals surface area contributed by atoms with Crippen LogP contribution in [0, 0.1) is 19.7 Å². The second-order valence-electron chi connectivity index (χ2n) is 5.58. The van der Waals surface area contributed by atoms with Crippen molar-refractivity contribution in [1.82, 2.24) is 9.55 Å². The van der Waals surface area contributed by atoms with Gasteiger partial charge in [0.05, 0.1) is 11.7 Å². The van der Waals surface area contributed by atoms with E-state index in [-0.39, 0.29) is 11.9 Å². The lowest BCUT2D eigenvalue weighted by molar-refractivity contribution is 0.598. The van der Waals surface area contributed by atoms with Crippen molar-refractivity contribution in [2.75, 3.05) is 5.32 Å². The van der Waals surface area contributed by atoms with Gasteiger partial charge in [0.25, 0.3) is 0 Å². The van der Waals surface area contributed by atoms with Crippen LogP contribution in [-0.2, 0) is 0 Å². The Bertz CT molecular complexity index is 602. The van der Waals surface area contributed by atoms with E-state index >= 15 is 0 Å². The zero-order valence-corrected chi connectivity index (χ0v) is 12.7. The zero-order chi connectivity index (χ0) is 14.9. The molecule has 0 aliphatic heterocycles. The smallest absolute Gasteiger partial charge is 0.203 e. The molecule has 1 atom stereocenters. The number of imidazole rings is 1. The highest BCUT2D eigenvalue weighted by atomic mass is 19.1. The molecule has 20 heavy (non-hydrogen) atoms. The number of halogens is 1. The summed E-state index contributed by atoms with van der Waals surface area (Å²) in [6, 6.07) is 5.68. The highest BCUT2D eigenvalue weighted by Crippen LogP contribution is 2.23. The van der Waals surface area contributed by atoms with E-state index in [0.29, 0.717) is 11.6 Å².